The van der Waals surface area contributed by atoms with E-state index < -0.39 is 0 Å². The maximum absolute atomic E-state index is 10.9. The lowest BCUT2D eigenvalue weighted by atomic mass is 9.95. The molecular weight excluding hydrogens is 190 g/mol. The molecule has 1 aliphatic heterocycles. The quantitative estimate of drug-likeness (QED) is 0.405. The Morgan fingerprint density at radius 1 is 1.60 bits per heavy atom. The third-order valence-corrected chi connectivity index (χ3v) is 3.22. The average molecular weight is 213 g/mol. The Bertz CT molecular complexity index is 196. The number of carbonyl (C=O) groups is 1. The van der Waals surface area contributed by atoms with Gasteiger partial charge in [-0.25, -0.2) is 5.84 Å². The molecule has 1 heterocycles. The molecule has 0 radical (unpaired) electrons. The second-order valence-corrected chi connectivity index (χ2v) is 4.39. The van der Waals surface area contributed by atoms with Crippen molar-refractivity contribution >= 4 is 5.91 Å². The number of piperidine rings is 1. The van der Waals surface area contributed by atoms with Crippen molar-refractivity contribution in [3.8, 4) is 0 Å². The van der Waals surface area contributed by atoms with Gasteiger partial charge in [0.25, 0.3) is 0 Å². The number of amides is 1. The Balaban J connectivity index is 2.12. The molecule has 0 aromatic rings. The first-order chi connectivity index (χ1) is 7.26. The molecule has 1 saturated heterocycles. The third kappa shape index (κ3) is 4.62. The van der Waals surface area contributed by atoms with Crippen LogP contribution in [0.5, 0.6) is 0 Å². The molecule has 4 nitrogen and oxygen atoms in total. The van der Waals surface area contributed by atoms with Crippen molar-refractivity contribution < 1.29 is 4.79 Å². The highest BCUT2D eigenvalue weighted by molar-refractivity contribution is 5.75. The second-order valence-electron chi connectivity index (χ2n) is 4.39. The largest absolute Gasteiger partial charge is 0.303 e. The summed E-state index contributed by atoms with van der Waals surface area (Å²) in [6.45, 7) is 5.70. The van der Waals surface area contributed by atoms with Crippen LogP contribution in [-0.4, -0.2) is 30.4 Å². The van der Waals surface area contributed by atoms with E-state index in [9.17, 15) is 4.79 Å². The number of nitrogens with zero attached hydrogens (tertiary/aromatic N) is 1. The van der Waals surface area contributed by atoms with Gasteiger partial charge < -0.3 is 4.90 Å². The van der Waals surface area contributed by atoms with E-state index in [0.717, 1.165) is 18.9 Å². The fourth-order valence-electron chi connectivity index (χ4n) is 2.22. The maximum atomic E-state index is 10.9. The lowest BCUT2D eigenvalue weighted by Crippen LogP contribution is -2.36. The van der Waals surface area contributed by atoms with Crippen LogP contribution in [0, 0.1) is 5.92 Å². The minimum atomic E-state index is -0.0564. The fraction of sp³-hybridized carbons (Fsp3) is 0.909. The monoisotopic (exact) mass is 213 g/mol. The summed E-state index contributed by atoms with van der Waals surface area (Å²) in [5, 5.41) is 0. The predicted molar refractivity (Wildman–Crippen MR) is 61.0 cm³/mol. The number of nitrogens with two attached hydrogens (primary N) is 1. The van der Waals surface area contributed by atoms with Crippen LogP contribution in [0.15, 0.2) is 0 Å². The molecule has 1 unspecified atom stereocenters. The molecule has 4 heteroatoms. The van der Waals surface area contributed by atoms with Gasteiger partial charge in [-0.2, -0.15) is 0 Å². The summed E-state index contributed by atoms with van der Waals surface area (Å²) in [4.78, 5) is 13.4. The summed E-state index contributed by atoms with van der Waals surface area (Å²) >= 11 is 0. The van der Waals surface area contributed by atoms with Crippen molar-refractivity contribution in [2.24, 2.45) is 11.8 Å². The average Bonchev–Trinajstić information content (AvgIpc) is 2.29. The number of likely N-dealkylation sites (tertiary alicyclic amines) is 1. The van der Waals surface area contributed by atoms with Crippen molar-refractivity contribution in [2.45, 2.75) is 39.0 Å². The zero-order valence-corrected chi connectivity index (χ0v) is 9.67. The fourth-order valence-corrected chi connectivity index (χ4v) is 2.22. The molecule has 15 heavy (non-hydrogen) atoms. The van der Waals surface area contributed by atoms with Crippen molar-refractivity contribution in [3.63, 3.8) is 0 Å². The highest BCUT2D eigenvalue weighted by Crippen LogP contribution is 2.19. The molecule has 1 atom stereocenters. The number of carbonyl (C=O) groups excluding carboxylic acids is 1. The van der Waals surface area contributed by atoms with E-state index in [0.29, 0.717) is 6.42 Å². The van der Waals surface area contributed by atoms with Crippen molar-refractivity contribution in [2.75, 3.05) is 19.6 Å². The smallest absolute Gasteiger partial charge is 0.233 e. The number of nitrogens with one attached hydrogen (secondary N) is 1. The topological polar surface area (TPSA) is 58.4 Å². The van der Waals surface area contributed by atoms with Crippen LogP contribution in [0.3, 0.4) is 0 Å². The van der Waals surface area contributed by atoms with Crippen LogP contribution >= 0.6 is 0 Å². The Morgan fingerprint density at radius 3 is 3.07 bits per heavy atom. The lowest BCUT2D eigenvalue weighted by Gasteiger charge is -2.32. The van der Waals surface area contributed by atoms with E-state index in [4.69, 9.17) is 5.84 Å². The van der Waals surface area contributed by atoms with E-state index in [-0.39, 0.29) is 5.91 Å². The van der Waals surface area contributed by atoms with Crippen LogP contribution < -0.4 is 11.3 Å². The molecular formula is C11H23N3O. The van der Waals surface area contributed by atoms with E-state index in [1.807, 2.05) is 0 Å². The minimum absolute atomic E-state index is 0.0564. The maximum Gasteiger partial charge on any atom is 0.233 e. The van der Waals surface area contributed by atoms with E-state index >= 15 is 0 Å². The van der Waals surface area contributed by atoms with Crippen molar-refractivity contribution in [1.82, 2.24) is 10.3 Å². The predicted octanol–water partition coefficient (Wildman–Crippen LogP) is 0.879. The summed E-state index contributed by atoms with van der Waals surface area (Å²) < 4.78 is 0. The van der Waals surface area contributed by atoms with Gasteiger partial charge in [0.15, 0.2) is 0 Å². The summed E-state index contributed by atoms with van der Waals surface area (Å²) in [5.41, 5.74) is 2.17. The van der Waals surface area contributed by atoms with Gasteiger partial charge in [0, 0.05) is 13.0 Å². The number of rotatable bonds is 5. The molecule has 0 aromatic carbocycles. The van der Waals surface area contributed by atoms with Crippen molar-refractivity contribution in [3.05, 3.63) is 0 Å². The second kappa shape index (κ2) is 6.80. The molecule has 1 amide bonds. The standard InChI is InChI=1S/C11H23N3O/c1-2-10-5-3-7-14(9-10)8-4-6-11(15)13-12/h10H,2-9,12H2,1H3,(H,13,15). The molecule has 0 aliphatic carbocycles. The number of hydrazine groups is 1. The van der Waals surface area contributed by atoms with Gasteiger partial charge >= 0.3 is 0 Å². The van der Waals surface area contributed by atoms with E-state index in [1.165, 1.54) is 32.4 Å². The van der Waals surface area contributed by atoms with E-state index in [2.05, 4.69) is 17.2 Å². The first-order valence-corrected chi connectivity index (χ1v) is 5.98. The van der Waals surface area contributed by atoms with Crippen LogP contribution in [0.4, 0.5) is 0 Å². The SMILES string of the molecule is CCC1CCCN(CCCC(=O)NN)C1. The van der Waals surface area contributed by atoms with Crippen LogP contribution in [0.1, 0.15) is 39.0 Å². The number of hydrogen-bond acceptors (Lipinski definition) is 3. The van der Waals surface area contributed by atoms with Crippen molar-refractivity contribution in [1.29, 1.82) is 0 Å². The molecule has 1 rings (SSSR count). The first-order valence-electron chi connectivity index (χ1n) is 5.98. The van der Waals surface area contributed by atoms with Gasteiger partial charge in [-0.3, -0.25) is 10.2 Å². The highest BCUT2D eigenvalue weighted by atomic mass is 16.2. The summed E-state index contributed by atoms with van der Waals surface area (Å²) in [6, 6.07) is 0. The molecule has 0 spiro atoms. The normalized spacial score (nSPS) is 22.7. The van der Waals surface area contributed by atoms with E-state index in [1.54, 1.807) is 0 Å². The molecule has 88 valence electrons. The van der Waals surface area contributed by atoms with Crippen LogP contribution in [0.25, 0.3) is 0 Å². The summed E-state index contributed by atoms with van der Waals surface area (Å²) in [6.07, 6.45) is 5.42. The van der Waals surface area contributed by atoms with Gasteiger partial charge in [0.2, 0.25) is 5.91 Å². The Morgan fingerprint density at radius 2 is 2.40 bits per heavy atom. The number of hydrogen-bond donors (Lipinski definition) is 2. The summed E-state index contributed by atoms with van der Waals surface area (Å²) in [5.74, 6) is 5.83. The van der Waals surface area contributed by atoms with Gasteiger partial charge in [0.05, 0.1) is 0 Å². The molecule has 1 fully saturated rings. The minimum Gasteiger partial charge on any atom is -0.303 e. The molecule has 1 aliphatic rings. The van der Waals surface area contributed by atoms with Crippen LogP contribution in [-0.2, 0) is 4.79 Å². The molecule has 0 bridgehead atoms. The zero-order chi connectivity index (χ0) is 11.1. The molecule has 0 aromatic heterocycles. The Kier molecular flexibility index (Phi) is 5.65. The Labute approximate surface area is 92.2 Å². The zero-order valence-electron chi connectivity index (χ0n) is 9.67. The van der Waals surface area contributed by atoms with Gasteiger partial charge in [0.1, 0.15) is 0 Å². The van der Waals surface area contributed by atoms with Gasteiger partial charge in [-0.15, -0.1) is 0 Å². The third-order valence-electron chi connectivity index (χ3n) is 3.22. The Hall–Kier alpha value is -0.610. The molecule has 3 N–H and O–H groups in total. The highest BCUT2D eigenvalue weighted by Gasteiger charge is 2.17. The lowest BCUT2D eigenvalue weighted by molar-refractivity contribution is -0.121. The molecule has 0 saturated carbocycles. The van der Waals surface area contributed by atoms with Crippen LogP contribution in [0.2, 0.25) is 0 Å². The summed E-state index contributed by atoms with van der Waals surface area (Å²) in [7, 11) is 0. The van der Waals surface area contributed by atoms with Gasteiger partial charge in [-0.05, 0) is 38.3 Å². The first kappa shape index (κ1) is 12.5. The van der Waals surface area contributed by atoms with Gasteiger partial charge in [-0.1, -0.05) is 13.3 Å².